The fraction of sp³-hybridized carbons (Fsp3) is 0.176. The van der Waals surface area contributed by atoms with Crippen LogP contribution in [0.2, 0.25) is 0 Å². The van der Waals surface area contributed by atoms with E-state index in [1.54, 1.807) is 0 Å². The Hall–Kier alpha value is -2.62. The van der Waals surface area contributed by atoms with Gasteiger partial charge in [0.15, 0.2) is 0 Å². The Labute approximate surface area is 123 Å². The average Bonchev–Trinajstić information content (AvgIpc) is 2.49. The van der Waals surface area contributed by atoms with E-state index in [-0.39, 0.29) is 12.5 Å². The van der Waals surface area contributed by atoms with Crippen molar-refractivity contribution < 1.29 is 14.7 Å². The van der Waals surface area contributed by atoms with Crippen molar-refractivity contribution in [2.24, 2.45) is 0 Å². The lowest BCUT2D eigenvalue weighted by Crippen LogP contribution is -2.36. The number of hydrogen-bond acceptors (Lipinski definition) is 2. The van der Waals surface area contributed by atoms with Gasteiger partial charge in [0.2, 0.25) is 5.91 Å². The maximum atomic E-state index is 12.6. The predicted octanol–water partition coefficient (Wildman–Crippen LogP) is 2.36. The first-order chi connectivity index (χ1) is 10.1. The number of benzene rings is 2. The van der Waals surface area contributed by atoms with E-state index in [9.17, 15) is 9.59 Å². The molecular formula is C17H17NO3. The summed E-state index contributed by atoms with van der Waals surface area (Å²) >= 11 is 0. The summed E-state index contributed by atoms with van der Waals surface area (Å²) in [6.45, 7) is -0.311. The molecule has 0 aliphatic rings. The highest BCUT2D eigenvalue weighted by molar-refractivity contribution is 5.89. The summed E-state index contributed by atoms with van der Waals surface area (Å²) in [5.41, 5.74) is 1.71. The third kappa shape index (κ3) is 3.69. The zero-order valence-corrected chi connectivity index (χ0v) is 11.8. The van der Waals surface area contributed by atoms with E-state index in [0.29, 0.717) is 0 Å². The first-order valence-corrected chi connectivity index (χ1v) is 6.66. The Morgan fingerprint density at radius 1 is 0.952 bits per heavy atom. The van der Waals surface area contributed by atoms with Gasteiger partial charge in [-0.2, -0.15) is 0 Å². The van der Waals surface area contributed by atoms with Crippen LogP contribution in [-0.2, 0) is 9.59 Å². The molecule has 2 aromatic rings. The first-order valence-electron chi connectivity index (χ1n) is 6.66. The number of amides is 1. The van der Waals surface area contributed by atoms with Crippen LogP contribution in [0.1, 0.15) is 17.0 Å². The Morgan fingerprint density at radius 3 is 1.76 bits per heavy atom. The molecule has 0 aromatic heterocycles. The van der Waals surface area contributed by atoms with Gasteiger partial charge in [0.25, 0.3) is 0 Å². The van der Waals surface area contributed by atoms with Crippen molar-refractivity contribution in [3.63, 3.8) is 0 Å². The van der Waals surface area contributed by atoms with Gasteiger partial charge in [-0.3, -0.25) is 9.59 Å². The maximum Gasteiger partial charge on any atom is 0.323 e. The molecule has 1 amide bonds. The van der Waals surface area contributed by atoms with E-state index < -0.39 is 11.9 Å². The van der Waals surface area contributed by atoms with Crippen LogP contribution < -0.4 is 0 Å². The number of nitrogens with zero attached hydrogens (tertiary/aromatic N) is 1. The molecule has 0 unspecified atom stereocenters. The molecule has 2 aromatic carbocycles. The molecule has 0 saturated carbocycles. The third-order valence-corrected chi connectivity index (χ3v) is 3.26. The fourth-order valence-electron chi connectivity index (χ4n) is 2.27. The Balaban J connectivity index is 2.37. The van der Waals surface area contributed by atoms with E-state index in [0.717, 1.165) is 11.1 Å². The van der Waals surface area contributed by atoms with Gasteiger partial charge in [0.1, 0.15) is 6.54 Å². The zero-order chi connectivity index (χ0) is 15.2. The molecule has 0 saturated heterocycles. The first kappa shape index (κ1) is 14.8. The number of carboxylic acids is 1. The predicted molar refractivity (Wildman–Crippen MR) is 80.0 cm³/mol. The number of carbonyl (C=O) groups excluding carboxylic acids is 1. The van der Waals surface area contributed by atoms with Crippen LogP contribution >= 0.6 is 0 Å². The summed E-state index contributed by atoms with van der Waals surface area (Å²) in [7, 11) is 1.51. The van der Waals surface area contributed by atoms with Crippen LogP contribution in [0.4, 0.5) is 0 Å². The molecule has 0 atom stereocenters. The smallest absolute Gasteiger partial charge is 0.323 e. The zero-order valence-electron chi connectivity index (χ0n) is 11.8. The molecule has 108 valence electrons. The molecular weight excluding hydrogens is 266 g/mol. The van der Waals surface area contributed by atoms with Crippen molar-refractivity contribution >= 4 is 11.9 Å². The molecule has 0 bridgehead atoms. The van der Waals surface area contributed by atoms with Gasteiger partial charge in [-0.25, -0.2) is 0 Å². The normalized spacial score (nSPS) is 10.4. The van der Waals surface area contributed by atoms with Gasteiger partial charge >= 0.3 is 5.97 Å². The monoisotopic (exact) mass is 283 g/mol. The molecule has 0 fully saturated rings. The molecule has 2 rings (SSSR count). The van der Waals surface area contributed by atoms with E-state index in [1.165, 1.54) is 11.9 Å². The lowest BCUT2D eigenvalue weighted by atomic mass is 9.90. The van der Waals surface area contributed by atoms with Gasteiger partial charge in [-0.15, -0.1) is 0 Å². The highest BCUT2D eigenvalue weighted by Gasteiger charge is 2.26. The SMILES string of the molecule is CN(CC(=O)O)C(=O)C(c1ccccc1)c1ccccc1. The van der Waals surface area contributed by atoms with E-state index >= 15 is 0 Å². The molecule has 0 aliphatic heterocycles. The Bertz CT molecular complexity index is 571. The second-order valence-electron chi connectivity index (χ2n) is 4.84. The van der Waals surface area contributed by atoms with Crippen LogP contribution in [0.15, 0.2) is 60.7 Å². The minimum atomic E-state index is -1.02. The van der Waals surface area contributed by atoms with Crippen LogP contribution in [-0.4, -0.2) is 35.5 Å². The summed E-state index contributed by atoms with van der Waals surface area (Å²) in [5, 5.41) is 8.86. The number of aliphatic carboxylic acids is 1. The van der Waals surface area contributed by atoms with E-state index in [2.05, 4.69) is 0 Å². The molecule has 4 heteroatoms. The van der Waals surface area contributed by atoms with Crippen molar-refractivity contribution in [1.29, 1.82) is 0 Å². The quantitative estimate of drug-likeness (QED) is 0.916. The summed E-state index contributed by atoms with van der Waals surface area (Å²) < 4.78 is 0. The fourth-order valence-corrected chi connectivity index (χ4v) is 2.27. The second kappa shape index (κ2) is 6.70. The molecule has 0 radical (unpaired) electrons. The van der Waals surface area contributed by atoms with E-state index in [1.807, 2.05) is 60.7 Å². The van der Waals surface area contributed by atoms with E-state index in [4.69, 9.17) is 5.11 Å². The lowest BCUT2D eigenvalue weighted by molar-refractivity contribution is -0.143. The number of carbonyl (C=O) groups is 2. The van der Waals surface area contributed by atoms with Crippen LogP contribution in [0.25, 0.3) is 0 Å². The summed E-state index contributed by atoms with van der Waals surface area (Å²) in [6.07, 6.45) is 0. The minimum absolute atomic E-state index is 0.227. The maximum absolute atomic E-state index is 12.6. The molecule has 1 N–H and O–H groups in total. The number of likely N-dealkylation sites (N-methyl/N-ethyl adjacent to an activating group) is 1. The Kier molecular flexibility index (Phi) is 4.72. The Morgan fingerprint density at radius 2 is 1.38 bits per heavy atom. The topological polar surface area (TPSA) is 57.6 Å². The summed E-state index contributed by atoms with van der Waals surface area (Å²) in [5.74, 6) is -1.74. The van der Waals surface area contributed by atoms with Crippen molar-refractivity contribution in [3.8, 4) is 0 Å². The average molecular weight is 283 g/mol. The van der Waals surface area contributed by atoms with Gasteiger partial charge in [-0.05, 0) is 11.1 Å². The van der Waals surface area contributed by atoms with Crippen LogP contribution in [0.3, 0.4) is 0 Å². The number of rotatable bonds is 5. The third-order valence-electron chi connectivity index (χ3n) is 3.26. The van der Waals surface area contributed by atoms with Crippen molar-refractivity contribution in [3.05, 3.63) is 71.8 Å². The molecule has 0 heterocycles. The van der Waals surface area contributed by atoms with Crippen molar-refractivity contribution in [2.75, 3.05) is 13.6 Å². The van der Waals surface area contributed by atoms with Gasteiger partial charge in [0, 0.05) is 7.05 Å². The van der Waals surface area contributed by atoms with Crippen LogP contribution in [0.5, 0.6) is 0 Å². The number of carboxylic acid groups (broad SMARTS) is 1. The number of hydrogen-bond donors (Lipinski definition) is 1. The molecule has 4 nitrogen and oxygen atoms in total. The van der Waals surface area contributed by atoms with Crippen molar-refractivity contribution in [1.82, 2.24) is 4.90 Å². The van der Waals surface area contributed by atoms with Gasteiger partial charge < -0.3 is 10.0 Å². The molecule has 0 aliphatic carbocycles. The highest BCUT2D eigenvalue weighted by atomic mass is 16.4. The van der Waals surface area contributed by atoms with Crippen molar-refractivity contribution in [2.45, 2.75) is 5.92 Å². The summed E-state index contributed by atoms with van der Waals surface area (Å²) in [4.78, 5) is 24.7. The van der Waals surface area contributed by atoms with Crippen LogP contribution in [0, 0.1) is 0 Å². The van der Waals surface area contributed by atoms with Gasteiger partial charge in [-0.1, -0.05) is 60.7 Å². The molecule has 21 heavy (non-hydrogen) atoms. The minimum Gasteiger partial charge on any atom is -0.480 e. The summed E-state index contributed by atoms with van der Waals surface area (Å²) in [6, 6.07) is 18.8. The highest BCUT2D eigenvalue weighted by Crippen LogP contribution is 2.26. The molecule has 0 spiro atoms. The second-order valence-corrected chi connectivity index (χ2v) is 4.84. The largest absolute Gasteiger partial charge is 0.480 e. The van der Waals surface area contributed by atoms with Gasteiger partial charge in [0.05, 0.1) is 5.92 Å². The standard InChI is InChI=1S/C17H17NO3/c1-18(12-15(19)20)17(21)16(13-8-4-2-5-9-13)14-10-6-3-7-11-14/h2-11,16H,12H2,1H3,(H,19,20). The lowest BCUT2D eigenvalue weighted by Gasteiger charge is -2.23.